The summed E-state index contributed by atoms with van der Waals surface area (Å²) < 4.78 is 0. The number of hydrogen-bond acceptors (Lipinski definition) is 2. The molecule has 0 fully saturated rings. The van der Waals surface area contributed by atoms with E-state index in [1.54, 1.807) is 0 Å². The molecule has 0 aliphatic carbocycles. The molecule has 0 aliphatic rings. The third-order valence-electron chi connectivity index (χ3n) is 1.39. The van der Waals surface area contributed by atoms with Gasteiger partial charge in [0, 0.05) is 0 Å². The number of rotatable bonds is 2. The van der Waals surface area contributed by atoms with Crippen LogP contribution in [0.15, 0.2) is 24.3 Å². The summed E-state index contributed by atoms with van der Waals surface area (Å²) in [6.45, 7) is 0. The van der Waals surface area contributed by atoms with E-state index in [2.05, 4.69) is 0 Å². The average molecular weight is 256 g/mol. The van der Waals surface area contributed by atoms with Gasteiger partial charge in [0.1, 0.15) is 0 Å². The minimum atomic E-state index is -1.23. The Kier molecular flexibility index (Phi) is 5.24. The Balaban J connectivity index is -0.000000480. The molecule has 4 nitrogen and oxygen atoms in total. The van der Waals surface area contributed by atoms with Crippen molar-refractivity contribution in [2.45, 2.75) is 0 Å². The van der Waals surface area contributed by atoms with Crippen LogP contribution >= 0.6 is 0 Å². The minimum absolute atomic E-state index is 0. The van der Waals surface area contributed by atoms with Gasteiger partial charge in [0.05, 0.1) is 11.1 Å². The van der Waals surface area contributed by atoms with Crippen LogP contribution in [-0.2, 0) is 0 Å². The Morgan fingerprint density at radius 2 is 1.31 bits per heavy atom. The van der Waals surface area contributed by atoms with E-state index >= 15 is 0 Å². The van der Waals surface area contributed by atoms with Crippen molar-refractivity contribution in [2.75, 3.05) is 0 Å². The molecule has 1 aromatic carbocycles. The van der Waals surface area contributed by atoms with Gasteiger partial charge in [-0.1, -0.05) is 12.1 Å². The van der Waals surface area contributed by atoms with Crippen LogP contribution in [-0.4, -0.2) is 67.6 Å². The summed E-state index contributed by atoms with van der Waals surface area (Å²) in [6.07, 6.45) is 0. The second-order valence-corrected chi connectivity index (χ2v) is 2.16. The zero-order valence-electron chi connectivity index (χ0n) is 8.73. The van der Waals surface area contributed by atoms with Crippen molar-refractivity contribution >= 4 is 57.4 Å². The van der Waals surface area contributed by atoms with Crippen LogP contribution in [0.25, 0.3) is 0 Å². The number of benzene rings is 1. The Bertz CT molecular complexity index is 310. The first-order chi connectivity index (χ1) is 5.63. The molecule has 1 aromatic rings. The number of aromatic carboxylic acids is 2. The summed E-state index contributed by atoms with van der Waals surface area (Å²) in [4.78, 5) is 20.9. The molecule has 0 saturated heterocycles. The molecule has 2 N–H and O–H groups in total. The molecule has 5 heteroatoms. The number of hydrogen-bond donors (Lipinski definition) is 2. The van der Waals surface area contributed by atoms with Gasteiger partial charge < -0.3 is 13.1 Å². The molecule has 1 rings (SSSR count). The summed E-state index contributed by atoms with van der Waals surface area (Å²) in [7, 11) is 0. The van der Waals surface area contributed by atoms with Gasteiger partial charge in [-0.2, -0.15) is 0 Å². The standard InChI is InChI=1S/C8H6O4.Sr.2H/c9-7(10)5-3-1-2-4-6(5)8(11)12;;;/h1-4H,(H,9,10)(H,11,12);;;/q;+2;2*-1. The number of carboxylic acids is 2. The van der Waals surface area contributed by atoms with Gasteiger partial charge in [-0.05, 0) is 12.1 Å². The van der Waals surface area contributed by atoms with Crippen LogP contribution in [0.3, 0.4) is 0 Å². The third-order valence-corrected chi connectivity index (χ3v) is 1.39. The summed E-state index contributed by atoms with van der Waals surface area (Å²) >= 11 is 0. The van der Waals surface area contributed by atoms with E-state index in [1.807, 2.05) is 0 Å². The third kappa shape index (κ3) is 3.11. The monoisotopic (exact) mass is 256 g/mol. The molecule has 0 bridgehead atoms. The summed E-state index contributed by atoms with van der Waals surface area (Å²) in [5, 5.41) is 17.1. The van der Waals surface area contributed by atoms with Crippen molar-refractivity contribution in [1.29, 1.82) is 0 Å². The first-order valence-electron chi connectivity index (χ1n) is 3.18. The molecule has 0 saturated carbocycles. The number of carboxylic acid groups (broad SMARTS) is 2. The van der Waals surface area contributed by atoms with E-state index in [1.165, 1.54) is 24.3 Å². The van der Waals surface area contributed by atoms with Crippen LogP contribution in [0.1, 0.15) is 23.6 Å². The zero-order valence-corrected chi connectivity index (χ0v) is 10.2. The smallest absolute Gasteiger partial charge is 1.00 e. The Morgan fingerprint density at radius 3 is 1.54 bits per heavy atom. The predicted octanol–water partition coefficient (Wildman–Crippen LogP) is 0.927. The van der Waals surface area contributed by atoms with E-state index < -0.39 is 11.9 Å². The van der Waals surface area contributed by atoms with Gasteiger partial charge in [-0.25, -0.2) is 9.59 Å². The maximum atomic E-state index is 10.5. The summed E-state index contributed by atoms with van der Waals surface area (Å²) in [6, 6.07) is 5.48. The summed E-state index contributed by atoms with van der Waals surface area (Å²) in [5.74, 6) is -2.46. The molecule has 0 atom stereocenters. The molecule has 66 valence electrons. The van der Waals surface area contributed by atoms with E-state index in [0.29, 0.717) is 0 Å². The fourth-order valence-corrected chi connectivity index (χ4v) is 0.856. The van der Waals surface area contributed by atoms with Gasteiger partial charge in [-0.15, -0.1) is 0 Å². The van der Waals surface area contributed by atoms with Crippen LogP contribution in [0, 0.1) is 0 Å². The molecule has 0 spiro atoms. The number of carbonyl (C=O) groups is 2. The molecule has 0 aromatic heterocycles. The van der Waals surface area contributed by atoms with Gasteiger partial charge in [-0.3, -0.25) is 0 Å². The molecule has 0 radical (unpaired) electrons. The molecular weight excluding hydrogens is 248 g/mol. The van der Waals surface area contributed by atoms with Crippen LogP contribution in [0.4, 0.5) is 0 Å². The zero-order chi connectivity index (χ0) is 9.14. The van der Waals surface area contributed by atoms with E-state index in [-0.39, 0.29) is 59.5 Å². The Hall–Kier alpha value is -0.359. The second kappa shape index (κ2) is 5.39. The Morgan fingerprint density at radius 1 is 1.00 bits per heavy atom. The van der Waals surface area contributed by atoms with Crippen LogP contribution < -0.4 is 0 Å². The fraction of sp³-hybridized carbons (Fsp3) is 0. The SMILES string of the molecule is O=C(O)c1ccccc1C(=O)O.[H-].[H-].[Sr+2]. The minimum Gasteiger partial charge on any atom is -1.00 e. The first-order valence-corrected chi connectivity index (χ1v) is 3.18. The first kappa shape index (κ1) is 12.6. The van der Waals surface area contributed by atoms with Crippen LogP contribution in [0.5, 0.6) is 0 Å². The molecule has 0 heterocycles. The second-order valence-electron chi connectivity index (χ2n) is 2.16. The average Bonchev–Trinajstić information content (AvgIpc) is 2.04. The van der Waals surface area contributed by atoms with Gasteiger partial charge >= 0.3 is 57.4 Å². The normalized spacial score (nSPS) is 8.62. The van der Waals surface area contributed by atoms with Crippen molar-refractivity contribution in [3.05, 3.63) is 35.4 Å². The Labute approximate surface area is 114 Å². The van der Waals surface area contributed by atoms with Crippen molar-refractivity contribution in [1.82, 2.24) is 0 Å². The predicted molar refractivity (Wildman–Crippen MR) is 48.3 cm³/mol. The van der Waals surface area contributed by atoms with Gasteiger partial charge in [0.15, 0.2) is 0 Å². The largest absolute Gasteiger partial charge is 2.00 e. The molecule has 0 unspecified atom stereocenters. The molecule has 13 heavy (non-hydrogen) atoms. The fourth-order valence-electron chi connectivity index (χ4n) is 0.856. The van der Waals surface area contributed by atoms with E-state index in [0.717, 1.165) is 0 Å². The van der Waals surface area contributed by atoms with Gasteiger partial charge in [0.25, 0.3) is 0 Å². The molecule has 0 amide bonds. The summed E-state index contributed by atoms with van der Waals surface area (Å²) in [5.41, 5.74) is -0.380. The molecule has 0 aliphatic heterocycles. The maximum Gasteiger partial charge on any atom is 2.00 e. The topological polar surface area (TPSA) is 74.6 Å². The molecular formula is C8H8O4Sr. The van der Waals surface area contributed by atoms with E-state index in [9.17, 15) is 9.59 Å². The van der Waals surface area contributed by atoms with E-state index in [4.69, 9.17) is 10.2 Å². The van der Waals surface area contributed by atoms with Crippen molar-refractivity contribution < 1.29 is 22.7 Å². The quantitative estimate of drug-likeness (QED) is 0.771. The van der Waals surface area contributed by atoms with Crippen LogP contribution in [0.2, 0.25) is 0 Å². The van der Waals surface area contributed by atoms with Crippen molar-refractivity contribution in [2.24, 2.45) is 0 Å². The maximum absolute atomic E-state index is 10.5. The van der Waals surface area contributed by atoms with Gasteiger partial charge in [0.2, 0.25) is 0 Å². The van der Waals surface area contributed by atoms with Crippen molar-refractivity contribution in [3.8, 4) is 0 Å². The van der Waals surface area contributed by atoms with Crippen molar-refractivity contribution in [3.63, 3.8) is 0 Å².